The molecule has 9 heteroatoms. The molecule has 170 valence electrons. The topological polar surface area (TPSA) is 83.0 Å². The van der Waals surface area contributed by atoms with E-state index in [1.54, 1.807) is 24.3 Å². The van der Waals surface area contributed by atoms with Gasteiger partial charge in [-0.05, 0) is 86.8 Å². The molecule has 0 bridgehead atoms. The predicted molar refractivity (Wildman–Crippen MR) is 131 cm³/mol. The zero-order chi connectivity index (χ0) is 22.7. The number of fused-ring (bicyclic) bond motifs is 1. The minimum atomic E-state index is -3.51. The minimum absolute atomic E-state index is 0.258. The first kappa shape index (κ1) is 22.8. The summed E-state index contributed by atoms with van der Waals surface area (Å²) in [6.07, 6.45) is 3.04. The highest BCUT2D eigenvalue weighted by Gasteiger charge is 2.26. The largest absolute Gasteiger partial charge is 0.379 e. The third-order valence-corrected chi connectivity index (χ3v) is 7.89. The number of benzene rings is 2. The lowest BCUT2D eigenvalue weighted by molar-refractivity contribution is 0.0730. The van der Waals surface area contributed by atoms with Crippen molar-refractivity contribution in [3.8, 4) is 0 Å². The number of ether oxygens (including phenoxy) is 1. The molecule has 2 aromatic rings. The second-order valence-corrected chi connectivity index (χ2v) is 10.5. The molecule has 1 aliphatic heterocycles. The van der Waals surface area contributed by atoms with E-state index in [4.69, 9.17) is 17.0 Å². The first-order valence-corrected chi connectivity index (χ1v) is 12.6. The number of anilines is 1. The summed E-state index contributed by atoms with van der Waals surface area (Å²) in [6.45, 7) is 5.84. The van der Waals surface area contributed by atoms with Crippen LogP contribution in [-0.2, 0) is 21.2 Å². The van der Waals surface area contributed by atoms with Crippen molar-refractivity contribution in [1.29, 1.82) is 0 Å². The van der Waals surface area contributed by atoms with Crippen molar-refractivity contribution in [2.75, 3.05) is 31.6 Å². The summed E-state index contributed by atoms with van der Waals surface area (Å²) in [5.74, 6) is 0. The molecule has 2 N–H and O–H groups in total. The summed E-state index contributed by atoms with van der Waals surface area (Å²) < 4.78 is 32.2. The number of sulfonamides is 1. The second-order valence-electron chi connectivity index (χ2n) is 8.13. The van der Waals surface area contributed by atoms with Crippen molar-refractivity contribution in [2.24, 2.45) is 5.10 Å². The lowest BCUT2D eigenvalue weighted by Crippen LogP contribution is -2.40. The summed E-state index contributed by atoms with van der Waals surface area (Å²) in [4.78, 5) is 0.258. The number of nitrogens with zero attached hydrogens (tertiary/aromatic N) is 2. The number of aryl methyl sites for hydroxylation is 2. The van der Waals surface area contributed by atoms with Gasteiger partial charge in [-0.25, -0.2) is 8.42 Å². The molecule has 0 spiro atoms. The van der Waals surface area contributed by atoms with Gasteiger partial charge in [-0.15, -0.1) is 0 Å². The van der Waals surface area contributed by atoms with E-state index in [0.717, 1.165) is 25.0 Å². The van der Waals surface area contributed by atoms with Gasteiger partial charge in [0.25, 0.3) is 0 Å². The van der Waals surface area contributed by atoms with Crippen LogP contribution in [0, 0.1) is 13.8 Å². The summed E-state index contributed by atoms with van der Waals surface area (Å²) in [5.41, 5.74) is 9.73. The Balaban J connectivity index is 1.41. The smallest absolute Gasteiger partial charge is 0.243 e. The van der Waals surface area contributed by atoms with Crippen molar-refractivity contribution < 1.29 is 13.2 Å². The zero-order valence-electron chi connectivity index (χ0n) is 18.3. The normalized spacial score (nSPS) is 18.2. The fourth-order valence-corrected chi connectivity index (χ4v) is 5.77. The molecule has 4 rings (SSSR count). The fourth-order valence-electron chi connectivity index (χ4n) is 4.19. The summed E-state index contributed by atoms with van der Waals surface area (Å²) in [5, 5.41) is 8.00. The van der Waals surface area contributed by atoms with Gasteiger partial charge in [-0.3, -0.25) is 5.43 Å². The van der Waals surface area contributed by atoms with Crippen LogP contribution in [0.25, 0.3) is 0 Å². The number of rotatable bonds is 4. The Morgan fingerprint density at radius 3 is 2.53 bits per heavy atom. The van der Waals surface area contributed by atoms with E-state index in [2.05, 4.69) is 41.8 Å². The van der Waals surface area contributed by atoms with E-state index in [9.17, 15) is 8.42 Å². The van der Waals surface area contributed by atoms with Crippen LogP contribution >= 0.6 is 12.2 Å². The van der Waals surface area contributed by atoms with Crippen LogP contribution < -0.4 is 10.7 Å². The van der Waals surface area contributed by atoms with Gasteiger partial charge in [-0.1, -0.05) is 11.6 Å². The molecule has 1 fully saturated rings. The maximum atomic E-state index is 12.7. The summed E-state index contributed by atoms with van der Waals surface area (Å²) in [7, 11) is -3.51. The SMILES string of the molecule is Cc1cc(C)c2c(c1)C(=NNC(=S)Nc1ccc(S(=O)(=O)N3CCOCC3)cc1)CCC2. The van der Waals surface area contributed by atoms with E-state index in [1.807, 2.05) is 0 Å². The number of hydrogen-bond donors (Lipinski definition) is 2. The van der Waals surface area contributed by atoms with Crippen LogP contribution in [0.1, 0.15) is 35.1 Å². The Labute approximate surface area is 194 Å². The third kappa shape index (κ3) is 5.01. The standard InChI is InChI=1S/C23H28N4O3S2/c1-16-14-17(2)20-4-3-5-22(21(20)15-16)25-26-23(31)24-18-6-8-19(9-7-18)32(28,29)27-10-12-30-13-11-27/h6-9,14-15H,3-5,10-13H2,1-2H3,(H2,24,26,31). The molecule has 7 nitrogen and oxygen atoms in total. The van der Waals surface area contributed by atoms with Gasteiger partial charge in [0, 0.05) is 24.3 Å². The van der Waals surface area contributed by atoms with Crippen molar-refractivity contribution in [1.82, 2.24) is 9.73 Å². The Kier molecular flexibility index (Phi) is 6.90. The number of thiocarbonyl (C=S) groups is 1. The Bertz CT molecular complexity index is 1140. The summed E-state index contributed by atoms with van der Waals surface area (Å²) >= 11 is 5.39. The Morgan fingerprint density at radius 1 is 1.09 bits per heavy atom. The molecule has 0 aromatic heterocycles. The Morgan fingerprint density at radius 2 is 1.81 bits per heavy atom. The molecule has 2 aromatic carbocycles. The van der Waals surface area contributed by atoms with E-state index >= 15 is 0 Å². The minimum Gasteiger partial charge on any atom is -0.379 e. The maximum absolute atomic E-state index is 12.7. The van der Waals surface area contributed by atoms with E-state index < -0.39 is 10.0 Å². The van der Waals surface area contributed by atoms with Crippen molar-refractivity contribution in [3.05, 3.63) is 58.7 Å². The quantitative estimate of drug-likeness (QED) is 0.525. The highest BCUT2D eigenvalue weighted by Crippen LogP contribution is 2.26. The number of nitrogens with one attached hydrogen (secondary N) is 2. The van der Waals surface area contributed by atoms with Gasteiger partial charge in [0.2, 0.25) is 10.0 Å². The van der Waals surface area contributed by atoms with E-state index in [0.29, 0.717) is 37.1 Å². The predicted octanol–water partition coefficient (Wildman–Crippen LogP) is 3.35. The zero-order valence-corrected chi connectivity index (χ0v) is 20.0. The molecule has 1 aliphatic carbocycles. The van der Waals surface area contributed by atoms with Crippen molar-refractivity contribution in [2.45, 2.75) is 38.0 Å². The molecule has 0 radical (unpaired) electrons. The van der Waals surface area contributed by atoms with Gasteiger partial charge < -0.3 is 10.1 Å². The van der Waals surface area contributed by atoms with Gasteiger partial charge in [-0.2, -0.15) is 9.41 Å². The lowest BCUT2D eigenvalue weighted by Gasteiger charge is -2.26. The van der Waals surface area contributed by atoms with Crippen LogP contribution in [0.4, 0.5) is 5.69 Å². The van der Waals surface area contributed by atoms with Crippen LogP contribution in [0.5, 0.6) is 0 Å². The average molecular weight is 473 g/mol. The number of hydrogen-bond acceptors (Lipinski definition) is 5. The van der Waals surface area contributed by atoms with Crippen molar-refractivity contribution >= 4 is 38.8 Å². The molecule has 1 saturated heterocycles. The van der Waals surface area contributed by atoms with Crippen LogP contribution in [0.15, 0.2) is 46.4 Å². The highest BCUT2D eigenvalue weighted by molar-refractivity contribution is 7.89. The van der Waals surface area contributed by atoms with Crippen molar-refractivity contribution in [3.63, 3.8) is 0 Å². The third-order valence-electron chi connectivity index (χ3n) is 5.78. The average Bonchev–Trinajstić information content (AvgIpc) is 2.79. The molecule has 32 heavy (non-hydrogen) atoms. The molecule has 0 unspecified atom stereocenters. The molecular formula is C23H28N4O3S2. The molecule has 2 aliphatic rings. The Hall–Kier alpha value is -2.33. The molecule has 0 atom stereocenters. The first-order valence-electron chi connectivity index (χ1n) is 10.8. The van der Waals surface area contributed by atoms with Crippen LogP contribution in [0.3, 0.4) is 0 Å². The highest BCUT2D eigenvalue weighted by atomic mass is 32.2. The fraction of sp³-hybridized carbons (Fsp3) is 0.391. The van der Waals surface area contributed by atoms with Crippen LogP contribution in [-0.4, -0.2) is 49.9 Å². The van der Waals surface area contributed by atoms with Gasteiger partial charge in [0.1, 0.15) is 0 Å². The van der Waals surface area contributed by atoms with Gasteiger partial charge >= 0.3 is 0 Å². The maximum Gasteiger partial charge on any atom is 0.243 e. The molecular weight excluding hydrogens is 444 g/mol. The lowest BCUT2D eigenvalue weighted by atomic mass is 9.86. The number of hydrazone groups is 1. The van der Waals surface area contributed by atoms with E-state index in [1.165, 1.54) is 26.6 Å². The second kappa shape index (κ2) is 9.66. The van der Waals surface area contributed by atoms with Gasteiger partial charge in [0.05, 0.1) is 23.8 Å². The van der Waals surface area contributed by atoms with Gasteiger partial charge in [0.15, 0.2) is 5.11 Å². The molecule has 1 heterocycles. The molecule has 0 saturated carbocycles. The first-order chi connectivity index (χ1) is 15.3. The molecule has 0 amide bonds. The van der Waals surface area contributed by atoms with Crippen LogP contribution in [0.2, 0.25) is 0 Å². The van der Waals surface area contributed by atoms with E-state index in [-0.39, 0.29) is 4.90 Å². The number of morpholine rings is 1. The summed E-state index contributed by atoms with van der Waals surface area (Å²) in [6, 6.07) is 11.0. The monoisotopic (exact) mass is 472 g/mol.